The fourth-order valence-corrected chi connectivity index (χ4v) is 2.21. The summed E-state index contributed by atoms with van der Waals surface area (Å²) in [5.41, 5.74) is 1.20. The number of hydrogen-bond donors (Lipinski definition) is 1. The average molecular weight is 298 g/mol. The lowest BCUT2D eigenvalue weighted by atomic mass is 10.2. The molecule has 0 saturated carbocycles. The minimum absolute atomic E-state index is 0.674. The molecule has 1 N–H and O–H groups in total. The SMILES string of the molecule is CCc1n[nH]c(=S)n1Cc1ccccc1Br. The molecule has 2 rings (SSSR count). The van der Waals surface area contributed by atoms with Crippen LogP contribution < -0.4 is 0 Å². The molecule has 0 saturated heterocycles. The van der Waals surface area contributed by atoms with Crippen LogP contribution in [0.2, 0.25) is 0 Å². The predicted molar refractivity (Wildman–Crippen MR) is 70.0 cm³/mol. The van der Waals surface area contributed by atoms with E-state index in [9.17, 15) is 0 Å². The smallest absolute Gasteiger partial charge is 0.195 e. The van der Waals surface area contributed by atoms with Crippen LogP contribution in [0.3, 0.4) is 0 Å². The molecular weight excluding hydrogens is 286 g/mol. The lowest BCUT2D eigenvalue weighted by Gasteiger charge is -2.07. The molecule has 0 spiro atoms. The van der Waals surface area contributed by atoms with E-state index in [0.717, 1.165) is 23.3 Å². The van der Waals surface area contributed by atoms with E-state index in [1.54, 1.807) is 0 Å². The number of aromatic amines is 1. The molecule has 84 valence electrons. The Balaban J connectivity index is 2.37. The highest BCUT2D eigenvalue weighted by Crippen LogP contribution is 2.17. The molecule has 16 heavy (non-hydrogen) atoms. The molecule has 5 heteroatoms. The first kappa shape index (κ1) is 11.5. The van der Waals surface area contributed by atoms with Crippen molar-refractivity contribution in [2.45, 2.75) is 19.9 Å². The highest BCUT2D eigenvalue weighted by molar-refractivity contribution is 9.10. The van der Waals surface area contributed by atoms with Crippen molar-refractivity contribution in [2.24, 2.45) is 0 Å². The van der Waals surface area contributed by atoms with Crippen LogP contribution in [0.1, 0.15) is 18.3 Å². The Kier molecular flexibility index (Phi) is 3.56. The number of rotatable bonds is 3. The van der Waals surface area contributed by atoms with Gasteiger partial charge in [-0.2, -0.15) is 5.10 Å². The number of aryl methyl sites for hydroxylation is 1. The number of nitrogens with one attached hydrogen (secondary N) is 1. The second-order valence-electron chi connectivity index (χ2n) is 3.48. The zero-order valence-corrected chi connectivity index (χ0v) is 11.3. The number of H-pyrrole nitrogens is 1. The van der Waals surface area contributed by atoms with E-state index in [1.807, 2.05) is 22.8 Å². The Hall–Kier alpha value is -0.940. The van der Waals surface area contributed by atoms with Gasteiger partial charge in [0.1, 0.15) is 5.82 Å². The summed E-state index contributed by atoms with van der Waals surface area (Å²) in [5, 5.41) is 7.02. The molecule has 0 amide bonds. The van der Waals surface area contributed by atoms with E-state index in [0.29, 0.717) is 4.77 Å². The third-order valence-corrected chi connectivity index (χ3v) is 3.53. The van der Waals surface area contributed by atoms with Gasteiger partial charge in [0, 0.05) is 10.9 Å². The lowest BCUT2D eigenvalue weighted by molar-refractivity contribution is 0.722. The molecule has 0 bridgehead atoms. The van der Waals surface area contributed by atoms with Gasteiger partial charge in [0.15, 0.2) is 4.77 Å². The quantitative estimate of drug-likeness (QED) is 0.882. The Morgan fingerprint density at radius 1 is 1.44 bits per heavy atom. The maximum absolute atomic E-state index is 5.21. The average Bonchev–Trinajstić information content (AvgIpc) is 2.63. The summed E-state index contributed by atoms with van der Waals surface area (Å²) in [6.07, 6.45) is 0.873. The van der Waals surface area contributed by atoms with Crippen LogP contribution in [0, 0.1) is 4.77 Å². The Morgan fingerprint density at radius 3 is 2.88 bits per heavy atom. The first-order valence-corrected chi connectivity index (χ1v) is 6.30. The molecule has 0 aliphatic heterocycles. The summed E-state index contributed by atoms with van der Waals surface area (Å²) in [6, 6.07) is 8.14. The van der Waals surface area contributed by atoms with Crippen LogP contribution in [0.4, 0.5) is 0 Å². The van der Waals surface area contributed by atoms with Crippen LogP contribution in [-0.2, 0) is 13.0 Å². The van der Waals surface area contributed by atoms with Crippen molar-refractivity contribution in [1.82, 2.24) is 14.8 Å². The number of benzene rings is 1. The summed E-state index contributed by atoms with van der Waals surface area (Å²) in [6.45, 7) is 2.82. The van der Waals surface area contributed by atoms with Crippen molar-refractivity contribution in [3.8, 4) is 0 Å². The Bertz CT molecular complexity index is 544. The minimum Gasteiger partial charge on any atom is -0.300 e. The molecule has 1 aromatic carbocycles. The summed E-state index contributed by atoms with van der Waals surface area (Å²) >= 11 is 8.75. The monoisotopic (exact) mass is 297 g/mol. The fourth-order valence-electron chi connectivity index (χ4n) is 1.58. The Labute approximate surface area is 108 Å². The van der Waals surface area contributed by atoms with Crippen LogP contribution in [0.25, 0.3) is 0 Å². The van der Waals surface area contributed by atoms with Crippen molar-refractivity contribution < 1.29 is 0 Å². The number of nitrogens with zero attached hydrogens (tertiary/aromatic N) is 2. The third kappa shape index (κ3) is 2.25. The van der Waals surface area contributed by atoms with Gasteiger partial charge in [0.05, 0.1) is 6.54 Å². The van der Waals surface area contributed by atoms with Gasteiger partial charge < -0.3 is 0 Å². The Morgan fingerprint density at radius 2 is 2.19 bits per heavy atom. The van der Waals surface area contributed by atoms with Crippen molar-refractivity contribution in [1.29, 1.82) is 0 Å². The summed E-state index contributed by atoms with van der Waals surface area (Å²) in [7, 11) is 0. The molecule has 0 radical (unpaired) electrons. The zero-order valence-electron chi connectivity index (χ0n) is 8.90. The standard InChI is InChI=1S/C11H12BrN3S/c1-2-10-13-14-11(16)15(10)7-8-5-3-4-6-9(8)12/h3-6H,2,7H2,1H3,(H,14,16). The van der Waals surface area contributed by atoms with Gasteiger partial charge in [-0.1, -0.05) is 41.1 Å². The van der Waals surface area contributed by atoms with E-state index in [2.05, 4.69) is 39.1 Å². The van der Waals surface area contributed by atoms with Crippen molar-refractivity contribution in [3.05, 3.63) is 44.9 Å². The summed E-state index contributed by atoms with van der Waals surface area (Å²) in [4.78, 5) is 0. The molecule has 1 heterocycles. The van der Waals surface area contributed by atoms with Crippen LogP contribution in [0.15, 0.2) is 28.7 Å². The highest BCUT2D eigenvalue weighted by atomic mass is 79.9. The van der Waals surface area contributed by atoms with Gasteiger partial charge in [-0.3, -0.25) is 9.67 Å². The number of halogens is 1. The summed E-state index contributed by atoms with van der Waals surface area (Å²) < 4.78 is 3.79. The zero-order chi connectivity index (χ0) is 11.5. The predicted octanol–water partition coefficient (Wildman–Crippen LogP) is 3.31. The normalized spacial score (nSPS) is 10.6. The van der Waals surface area contributed by atoms with Gasteiger partial charge in [0.25, 0.3) is 0 Å². The molecular formula is C11H12BrN3S. The third-order valence-electron chi connectivity index (χ3n) is 2.44. The maximum Gasteiger partial charge on any atom is 0.195 e. The molecule has 0 aliphatic carbocycles. The second-order valence-corrected chi connectivity index (χ2v) is 4.72. The van der Waals surface area contributed by atoms with E-state index < -0.39 is 0 Å². The maximum atomic E-state index is 5.21. The largest absolute Gasteiger partial charge is 0.300 e. The summed E-state index contributed by atoms with van der Waals surface area (Å²) in [5.74, 6) is 0.987. The molecule has 2 aromatic rings. The molecule has 1 aromatic heterocycles. The first-order chi connectivity index (χ1) is 7.72. The number of aromatic nitrogens is 3. The number of hydrogen-bond acceptors (Lipinski definition) is 2. The van der Waals surface area contributed by atoms with E-state index >= 15 is 0 Å². The fraction of sp³-hybridized carbons (Fsp3) is 0.273. The molecule has 3 nitrogen and oxygen atoms in total. The van der Waals surface area contributed by atoms with E-state index in [-0.39, 0.29) is 0 Å². The highest BCUT2D eigenvalue weighted by Gasteiger charge is 2.06. The van der Waals surface area contributed by atoms with Gasteiger partial charge in [-0.05, 0) is 23.8 Å². The minimum atomic E-state index is 0.674. The van der Waals surface area contributed by atoms with E-state index in [4.69, 9.17) is 12.2 Å². The van der Waals surface area contributed by atoms with Crippen LogP contribution in [0.5, 0.6) is 0 Å². The molecule has 0 fully saturated rings. The molecule has 0 unspecified atom stereocenters. The topological polar surface area (TPSA) is 33.6 Å². The first-order valence-electron chi connectivity index (χ1n) is 5.10. The lowest BCUT2D eigenvalue weighted by Crippen LogP contribution is -2.05. The molecule has 0 aliphatic rings. The molecule has 0 atom stereocenters. The van der Waals surface area contributed by atoms with Crippen molar-refractivity contribution in [3.63, 3.8) is 0 Å². The van der Waals surface area contributed by atoms with Crippen LogP contribution >= 0.6 is 28.1 Å². The van der Waals surface area contributed by atoms with Gasteiger partial charge in [-0.25, -0.2) is 0 Å². The van der Waals surface area contributed by atoms with Gasteiger partial charge in [-0.15, -0.1) is 0 Å². The second kappa shape index (κ2) is 4.93. The van der Waals surface area contributed by atoms with Crippen molar-refractivity contribution in [2.75, 3.05) is 0 Å². The van der Waals surface area contributed by atoms with Gasteiger partial charge in [0.2, 0.25) is 0 Å². The van der Waals surface area contributed by atoms with E-state index in [1.165, 1.54) is 5.56 Å². The van der Waals surface area contributed by atoms with Crippen molar-refractivity contribution >= 4 is 28.1 Å². The van der Waals surface area contributed by atoms with Crippen LogP contribution in [-0.4, -0.2) is 14.8 Å². The van der Waals surface area contributed by atoms with Gasteiger partial charge >= 0.3 is 0 Å².